The second kappa shape index (κ2) is 10.4. The van der Waals surface area contributed by atoms with E-state index < -0.39 is 23.6 Å². The number of benzene rings is 3. The average Bonchev–Trinajstić information content (AvgIpc) is 3.64. The number of nitrogens with one attached hydrogen (secondary N) is 1. The molecule has 0 spiro atoms. The number of aliphatic carboxylic acids is 1. The van der Waals surface area contributed by atoms with Gasteiger partial charge in [0, 0.05) is 21.2 Å². The molecule has 1 amide bonds. The summed E-state index contributed by atoms with van der Waals surface area (Å²) < 4.78 is 9.99. The van der Waals surface area contributed by atoms with Gasteiger partial charge >= 0.3 is 12.1 Å². The molecule has 1 aromatic heterocycles. The molecular weight excluding hydrogens is 543 g/mol. The Bertz CT molecular complexity index is 1530. The molecule has 5 rings (SSSR count). The van der Waals surface area contributed by atoms with Crippen molar-refractivity contribution in [2.75, 3.05) is 5.32 Å². The summed E-state index contributed by atoms with van der Waals surface area (Å²) in [5.74, 6) is -0.779. The largest absolute Gasteiger partial charge is 0.481 e. The third-order valence-corrected chi connectivity index (χ3v) is 8.50. The predicted molar refractivity (Wildman–Crippen MR) is 151 cm³/mol. The number of carbonyl (C=O) groups excluding carboxylic acids is 1. The smallest absolute Gasteiger partial charge is 0.412 e. The number of hydrogen-bond acceptors (Lipinski definition) is 5. The van der Waals surface area contributed by atoms with Crippen LogP contribution in [0.15, 0.2) is 66.7 Å². The fourth-order valence-electron chi connectivity index (χ4n) is 4.48. The maximum Gasteiger partial charge on any atom is 0.412 e. The van der Waals surface area contributed by atoms with E-state index in [1.165, 1.54) is 11.5 Å². The normalized spacial score (nSPS) is 14.5. The molecule has 1 saturated carbocycles. The summed E-state index contributed by atoms with van der Waals surface area (Å²) in [6, 6.07) is 20.4. The summed E-state index contributed by atoms with van der Waals surface area (Å²) >= 11 is 14.2. The van der Waals surface area contributed by atoms with E-state index >= 15 is 0 Å². The van der Waals surface area contributed by atoms with Crippen LogP contribution in [0.1, 0.15) is 42.7 Å². The molecule has 0 radical (unpaired) electrons. The van der Waals surface area contributed by atoms with Crippen LogP contribution in [0.3, 0.4) is 0 Å². The third-order valence-electron chi connectivity index (χ3n) is 6.86. The molecule has 6 nitrogen and oxygen atoms in total. The molecule has 1 aliphatic carbocycles. The fourth-order valence-corrected chi connectivity index (χ4v) is 5.91. The lowest BCUT2D eigenvalue weighted by Crippen LogP contribution is -2.19. The van der Waals surface area contributed by atoms with Crippen LogP contribution in [0, 0.1) is 6.92 Å². The number of hydrogen-bond donors (Lipinski definition) is 2. The van der Waals surface area contributed by atoms with Crippen LogP contribution >= 0.6 is 34.7 Å². The highest BCUT2D eigenvalue weighted by Crippen LogP contribution is 2.49. The zero-order chi connectivity index (χ0) is 27.0. The minimum Gasteiger partial charge on any atom is -0.481 e. The summed E-state index contributed by atoms with van der Waals surface area (Å²) in [4.78, 5) is 25.1. The highest BCUT2D eigenvalue weighted by Gasteiger charge is 2.51. The second-order valence-electron chi connectivity index (χ2n) is 9.33. The number of carboxylic acids is 1. The SMILES string of the molecule is Cc1nsc(-c2ccc(-c3ccc(C4(C(=O)O)CC4)cc3)c(Cl)c2)c1NC(=O)O[C@H](C)c1ccccc1Cl. The van der Waals surface area contributed by atoms with Crippen LogP contribution in [-0.2, 0) is 14.9 Å². The molecule has 3 aromatic carbocycles. The summed E-state index contributed by atoms with van der Waals surface area (Å²) in [6.45, 7) is 3.58. The standard InChI is InChI=1S/C29H24Cl2N2O4S/c1-16-25(32-28(36)37-17(2)21-5-3-4-6-23(21)30)26(38-33-16)19-9-12-22(24(31)15-19)18-7-10-20(11-8-18)29(13-14-29)27(34)35/h3-12,15,17H,13-14H2,1-2H3,(H,32,36)(H,34,35)/t17-/m1/s1. The number of amides is 1. The van der Waals surface area contributed by atoms with Gasteiger partial charge in [-0.15, -0.1) is 0 Å². The molecule has 0 saturated heterocycles. The molecule has 1 aliphatic rings. The summed E-state index contributed by atoms with van der Waals surface area (Å²) in [7, 11) is 0. The first-order chi connectivity index (χ1) is 18.2. The number of carboxylic acid groups (broad SMARTS) is 1. The molecule has 194 valence electrons. The predicted octanol–water partition coefficient (Wildman–Crippen LogP) is 8.52. The number of aromatic nitrogens is 1. The first kappa shape index (κ1) is 26.2. The van der Waals surface area contributed by atoms with Crippen LogP contribution < -0.4 is 5.32 Å². The van der Waals surface area contributed by atoms with Gasteiger partial charge in [0.15, 0.2) is 0 Å². The molecule has 0 unspecified atom stereocenters. The minimum absolute atomic E-state index is 0.528. The Kier molecular flexibility index (Phi) is 7.18. The van der Waals surface area contributed by atoms with E-state index in [1.807, 2.05) is 67.6 Å². The van der Waals surface area contributed by atoms with Gasteiger partial charge in [0.05, 0.1) is 21.7 Å². The number of halogens is 2. The van der Waals surface area contributed by atoms with Crippen LogP contribution in [0.25, 0.3) is 21.6 Å². The van der Waals surface area contributed by atoms with Crippen LogP contribution in [-0.4, -0.2) is 21.5 Å². The van der Waals surface area contributed by atoms with Crippen molar-refractivity contribution >= 4 is 52.5 Å². The number of carbonyl (C=O) groups is 2. The van der Waals surface area contributed by atoms with Crippen molar-refractivity contribution in [1.82, 2.24) is 4.37 Å². The van der Waals surface area contributed by atoms with Gasteiger partial charge in [-0.25, -0.2) is 4.79 Å². The Balaban J connectivity index is 1.34. The Labute approximate surface area is 234 Å². The lowest BCUT2D eigenvalue weighted by Gasteiger charge is -2.16. The highest BCUT2D eigenvalue weighted by molar-refractivity contribution is 7.10. The monoisotopic (exact) mass is 566 g/mol. The van der Waals surface area contributed by atoms with E-state index in [2.05, 4.69) is 9.69 Å². The van der Waals surface area contributed by atoms with Crippen LogP contribution in [0.2, 0.25) is 10.0 Å². The number of rotatable bonds is 7. The number of aryl methyl sites for hydroxylation is 1. The van der Waals surface area contributed by atoms with Gasteiger partial charge < -0.3 is 9.84 Å². The second-order valence-corrected chi connectivity index (χ2v) is 10.9. The summed E-state index contributed by atoms with van der Waals surface area (Å²) in [5.41, 5.74) is 4.53. The molecule has 0 aliphatic heterocycles. The Morgan fingerprint density at radius 3 is 2.34 bits per heavy atom. The van der Waals surface area contributed by atoms with Gasteiger partial charge in [-0.3, -0.25) is 10.1 Å². The third kappa shape index (κ3) is 5.01. The van der Waals surface area contributed by atoms with Crippen molar-refractivity contribution in [1.29, 1.82) is 0 Å². The molecule has 1 heterocycles. The minimum atomic E-state index is -0.779. The van der Waals surface area contributed by atoms with E-state index in [-0.39, 0.29) is 0 Å². The van der Waals surface area contributed by atoms with Gasteiger partial charge in [-0.2, -0.15) is 4.37 Å². The fraction of sp³-hybridized carbons (Fsp3) is 0.207. The lowest BCUT2D eigenvalue weighted by molar-refractivity contribution is -0.140. The summed E-state index contributed by atoms with van der Waals surface area (Å²) in [5, 5.41) is 13.4. The van der Waals surface area contributed by atoms with E-state index in [0.29, 0.717) is 34.3 Å². The molecule has 9 heteroatoms. The van der Waals surface area contributed by atoms with E-state index in [0.717, 1.165) is 32.7 Å². The van der Waals surface area contributed by atoms with Crippen molar-refractivity contribution in [3.05, 3.63) is 93.6 Å². The van der Waals surface area contributed by atoms with Crippen molar-refractivity contribution in [3.63, 3.8) is 0 Å². The maximum absolute atomic E-state index is 12.7. The van der Waals surface area contributed by atoms with E-state index in [4.69, 9.17) is 27.9 Å². The number of nitrogens with zero attached hydrogens (tertiary/aromatic N) is 1. The van der Waals surface area contributed by atoms with Crippen molar-refractivity contribution in [3.8, 4) is 21.6 Å². The van der Waals surface area contributed by atoms with Crippen molar-refractivity contribution in [2.24, 2.45) is 0 Å². The highest BCUT2D eigenvalue weighted by atomic mass is 35.5. The lowest BCUT2D eigenvalue weighted by atomic mass is 9.93. The maximum atomic E-state index is 12.7. The molecule has 1 fully saturated rings. The van der Waals surface area contributed by atoms with Crippen molar-refractivity contribution in [2.45, 2.75) is 38.2 Å². The average molecular weight is 567 g/mol. The van der Waals surface area contributed by atoms with Gasteiger partial charge in [0.25, 0.3) is 0 Å². The van der Waals surface area contributed by atoms with Gasteiger partial charge in [-0.05, 0) is 67.0 Å². The van der Waals surface area contributed by atoms with Crippen molar-refractivity contribution < 1.29 is 19.4 Å². The first-order valence-electron chi connectivity index (χ1n) is 12.0. The van der Waals surface area contributed by atoms with Gasteiger partial charge in [0.2, 0.25) is 0 Å². The molecule has 2 N–H and O–H groups in total. The zero-order valence-corrected chi connectivity index (χ0v) is 23.0. The molecule has 4 aromatic rings. The van der Waals surface area contributed by atoms with Crippen LogP contribution in [0.5, 0.6) is 0 Å². The topological polar surface area (TPSA) is 88.5 Å². The van der Waals surface area contributed by atoms with E-state index in [9.17, 15) is 14.7 Å². The van der Waals surface area contributed by atoms with Gasteiger partial charge in [-0.1, -0.05) is 77.8 Å². The Morgan fingerprint density at radius 2 is 1.71 bits per heavy atom. The zero-order valence-electron chi connectivity index (χ0n) is 20.6. The van der Waals surface area contributed by atoms with Crippen LogP contribution in [0.4, 0.5) is 10.5 Å². The summed E-state index contributed by atoms with van der Waals surface area (Å²) in [6.07, 6.45) is 0.173. The molecular formula is C29H24Cl2N2O4S. The Morgan fingerprint density at radius 1 is 1.03 bits per heavy atom. The molecule has 0 bridgehead atoms. The molecule has 38 heavy (non-hydrogen) atoms. The van der Waals surface area contributed by atoms with Gasteiger partial charge in [0.1, 0.15) is 6.10 Å². The number of anilines is 1. The first-order valence-corrected chi connectivity index (χ1v) is 13.5. The quantitative estimate of drug-likeness (QED) is 0.234. The number of ether oxygens (including phenoxy) is 1. The van der Waals surface area contributed by atoms with E-state index in [1.54, 1.807) is 13.0 Å². The molecule has 1 atom stereocenters. The Hall–Kier alpha value is -3.39.